The van der Waals surface area contributed by atoms with Crippen molar-refractivity contribution in [1.82, 2.24) is 5.32 Å². The van der Waals surface area contributed by atoms with Crippen LogP contribution in [0.4, 0.5) is 10.5 Å². The van der Waals surface area contributed by atoms with Crippen molar-refractivity contribution in [3.63, 3.8) is 0 Å². The lowest BCUT2D eigenvalue weighted by Crippen LogP contribution is -2.35. The van der Waals surface area contributed by atoms with Gasteiger partial charge < -0.3 is 15.7 Å². The van der Waals surface area contributed by atoms with Gasteiger partial charge in [-0.15, -0.1) is 0 Å². The summed E-state index contributed by atoms with van der Waals surface area (Å²) in [6, 6.07) is 5.29. The van der Waals surface area contributed by atoms with Crippen LogP contribution in [0.1, 0.15) is 30.9 Å². The number of hydrogen-bond donors (Lipinski definition) is 3. The SMILES string of the molecule is CCCC(CNC(=O)Nc1cccc(C)c1C)C(=O)O. The quantitative estimate of drug-likeness (QED) is 0.748. The van der Waals surface area contributed by atoms with Crippen molar-refractivity contribution in [2.75, 3.05) is 11.9 Å². The minimum Gasteiger partial charge on any atom is -0.481 e. The van der Waals surface area contributed by atoms with Crippen LogP contribution < -0.4 is 10.6 Å². The number of rotatable bonds is 6. The minimum atomic E-state index is -0.876. The van der Waals surface area contributed by atoms with Crippen LogP contribution >= 0.6 is 0 Å². The van der Waals surface area contributed by atoms with Crippen LogP contribution in [0.25, 0.3) is 0 Å². The van der Waals surface area contributed by atoms with Crippen molar-refractivity contribution >= 4 is 17.7 Å². The summed E-state index contributed by atoms with van der Waals surface area (Å²) in [5, 5.41) is 14.4. The van der Waals surface area contributed by atoms with Crippen LogP contribution in [0.2, 0.25) is 0 Å². The smallest absolute Gasteiger partial charge is 0.319 e. The molecule has 5 heteroatoms. The molecule has 2 amide bonds. The van der Waals surface area contributed by atoms with Gasteiger partial charge in [0, 0.05) is 12.2 Å². The molecule has 1 aromatic rings. The topological polar surface area (TPSA) is 78.4 Å². The first-order chi connectivity index (χ1) is 9.45. The predicted octanol–water partition coefficient (Wildman–Crippen LogP) is 2.93. The molecule has 0 bridgehead atoms. The van der Waals surface area contributed by atoms with E-state index >= 15 is 0 Å². The van der Waals surface area contributed by atoms with Gasteiger partial charge in [0.25, 0.3) is 0 Å². The molecule has 0 aliphatic heterocycles. The highest BCUT2D eigenvalue weighted by Gasteiger charge is 2.17. The number of carbonyl (C=O) groups excluding carboxylic acids is 1. The summed E-state index contributed by atoms with van der Waals surface area (Å²) < 4.78 is 0. The predicted molar refractivity (Wildman–Crippen MR) is 79.0 cm³/mol. The van der Waals surface area contributed by atoms with Gasteiger partial charge in [0.15, 0.2) is 0 Å². The zero-order chi connectivity index (χ0) is 15.1. The van der Waals surface area contributed by atoms with Crippen molar-refractivity contribution in [2.45, 2.75) is 33.6 Å². The van der Waals surface area contributed by atoms with E-state index in [1.165, 1.54) is 0 Å². The summed E-state index contributed by atoms with van der Waals surface area (Å²) in [5.41, 5.74) is 2.84. The highest BCUT2D eigenvalue weighted by atomic mass is 16.4. The molecule has 0 spiro atoms. The number of nitrogens with one attached hydrogen (secondary N) is 2. The summed E-state index contributed by atoms with van der Waals surface area (Å²) in [7, 11) is 0. The minimum absolute atomic E-state index is 0.139. The molecule has 5 nitrogen and oxygen atoms in total. The molecule has 0 heterocycles. The van der Waals surface area contributed by atoms with Gasteiger partial charge in [-0.1, -0.05) is 25.5 Å². The van der Waals surface area contributed by atoms with Gasteiger partial charge in [-0.25, -0.2) is 4.79 Å². The van der Waals surface area contributed by atoms with E-state index in [0.29, 0.717) is 6.42 Å². The summed E-state index contributed by atoms with van der Waals surface area (Å²) >= 11 is 0. The van der Waals surface area contributed by atoms with Crippen molar-refractivity contribution in [2.24, 2.45) is 5.92 Å². The summed E-state index contributed by atoms with van der Waals surface area (Å²) in [5.74, 6) is -1.41. The van der Waals surface area contributed by atoms with E-state index in [2.05, 4.69) is 10.6 Å². The molecule has 20 heavy (non-hydrogen) atoms. The van der Waals surface area contributed by atoms with E-state index in [0.717, 1.165) is 23.2 Å². The Hall–Kier alpha value is -2.04. The Morgan fingerprint density at radius 1 is 1.30 bits per heavy atom. The zero-order valence-electron chi connectivity index (χ0n) is 12.2. The maximum absolute atomic E-state index is 11.8. The Bertz CT molecular complexity index is 486. The summed E-state index contributed by atoms with van der Waals surface area (Å²) in [4.78, 5) is 22.8. The van der Waals surface area contributed by atoms with Crippen LogP contribution in [0, 0.1) is 19.8 Å². The lowest BCUT2D eigenvalue weighted by molar-refractivity contribution is -0.141. The third-order valence-corrected chi connectivity index (χ3v) is 3.35. The molecule has 0 fully saturated rings. The van der Waals surface area contributed by atoms with Gasteiger partial charge in [0.2, 0.25) is 0 Å². The average molecular weight is 278 g/mol. The largest absolute Gasteiger partial charge is 0.481 e. The van der Waals surface area contributed by atoms with Gasteiger partial charge >= 0.3 is 12.0 Å². The zero-order valence-corrected chi connectivity index (χ0v) is 12.2. The van der Waals surface area contributed by atoms with E-state index in [1.807, 2.05) is 39.0 Å². The van der Waals surface area contributed by atoms with Gasteiger partial charge in [-0.2, -0.15) is 0 Å². The number of benzene rings is 1. The van der Waals surface area contributed by atoms with Crippen LogP contribution in [-0.4, -0.2) is 23.7 Å². The second-order valence-corrected chi connectivity index (χ2v) is 4.91. The van der Waals surface area contributed by atoms with Crippen molar-refractivity contribution in [3.05, 3.63) is 29.3 Å². The fraction of sp³-hybridized carbons (Fsp3) is 0.467. The summed E-state index contributed by atoms with van der Waals surface area (Å²) in [6.45, 7) is 5.97. The van der Waals surface area contributed by atoms with E-state index in [4.69, 9.17) is 5.11 Å². The molecule has 0 aromatic heterocycles. The second-order valence-electron chi connectivity index (χ2n) is 4.91. The maximum Gasteiger partial charge on any atom is 0.319 e. The molecule has 1 rings (SSSR count). The molecule has 1 atom stereocenters. The van der Waals surface area contributed by atoms with E-state index in [-0.39, 0.29) is 12.6 Å². The van der Waals surface area contributed by atoms with Gasteiger partial charge in [0.1, 0.15) is 0 Å². The fourth-order valence-corrected chi connectivity index (χ4v) is 1.93. The number of carbonyl (C=O) groups is 2. The molecule has 0 saturated heterocycles. The Morgan fingerprint density at radius 2 is 2.00 bits per heavy atom. The van der Waals surface area contributed by atoms with Crippen LogP contribution in [0.5, 0.6) is 0 Å². The van der Waals surface area contributed by atoms with Gasteiger partial charge in [-0.05, 0) is 37.5 Å². The highest BCUT2D eigenvalue weighted by Crippen LogP contribution is 2.17. The highest BCUT2D eigenvalue weighted by molar-refractivity contribution is 5.90. The van der Waals surface area contributed by atoms with Gasteiger partial charge in [-0.3, -0.25) is 4.79 Å². The normalized spacial score (nSPS) is 11.8. The standard InChI is InChI=1S/C15H22N2O3/c1-4-6-12(14(18)19)9-16-15(20)17-13-8-5-7-10(2)11(13)3/h5,7-8,12H,4,6,9H2,1-3H3,(H,18,19)(H2,16,17,20). The Kier molecular flexibility index (Phi) is 6.03. The van der Waals surface area contributed by atoms with E-state index in [9.17, 15) is 9.59 Å². The average Bonchev–Trinajstić information content (AvgIpc) is 2.39. The van der Waals surface area contributed by atoms with Crippen LogP contribution in [-0.2, 0) is 4.79 Å². The first-order valence-electron chi connectivity index (χ1n) is 6.79. The molecule has 0 aliphatic carbocycles. The first-order valence-corrected chi connectivity index (χ1v) is 6.79. The van der Waals surface area contributed by atoms with E-state index in [1.54, 1.807) is 0 Å². The molecular formula is C15H22N2O3. The lowest BCUT2D eigenvalue weighted by Gasteiger charge is -2.14. The summed E-state index contributed by atoms with van der Waals surface area (Å²) in [6.07, 6.45) is 1.33. The third kappa shape index (κ3) is 4.57. The third-order valence-electron chi connectivity index (χ3n) is 3.35. The molecule has 1 aromatic carbocycles. The number of hydrogen-bond acceptors (Lipinski definition) is 2. The monoisotopic (exact) mass is 278 g/mol. The molecule has 0 aliphatic rings. The fourth-order valence-electron chi connectivity index (χ4n) is 1.93. The Morgan fingerprint density at radius 3 is 2.60 bits per heavy atom. The number of anilines is 1. The number of amides is 2. The molecule has 3 N–H and O–H groups in total. The van der Waals surface area contributed by atoms with Crippen LogP contribution in [0.15, 0.2) is 18.2 Å². The number of aryl methyl sites for hydroxylation is 1. The van der Waals surface area contributed by atoms with Gasteiger partial charge in [0.05, 0.1) is 5.92 Å². The van der Waals surface area contributed by atoms with Crippen molar-refractivity contribution in [3.8, 4) is 0 Å². The first kappa shape index (κ1) is 16.0. The Balaban J connectivity index is 2.55. The Labute approximate surface area is 119 Å². The molecule has 0 radical (unpaired) electrons. The molecular weight excluding hydrogens is 256 g/mol. The lowest BCUT2D eigenvalue weighted by atomic mass is 10.0. The van der Waals surface area contributed by atoms with Crippen molar-refractivity contribution in [1.29, 1.82) is 0 Å². The number of urea groups is 1. The maximum atomic E-state index is 11.8. The number of carboxylic acid groups (broad SMARTS) is 1. The molecule has 110 valence electrons. The van der Waals surface area contributed by atoms with E-state index < -0.39 is 11.9 Å². The van der Waals surface area contributed by atoms with Crippen molar-refractivity contribution < 1.29 is 14.7 Å². The number of aliphatic carboxylic acids is 1. The number of carboxylic acids is 1. The molecule has 0 saturated carbocycles. The second kappa shape index (κ2) is 7.53. The molecule has 1 unspecified atom stereocenters. The van der Waals surface area contributed by atoms with Crippen LogP contribution in [0.3, 0.4) is 0 Å².